The van der Waals surface area contributed by atoms with Crippen LogP contribution in [0.15, 0.2) is 18.2 Å². The van der Waals surface area contributed by atoms with E-state index < -0.39 is 21.8 Å². The predicted molar refractivity (Wildman–Crippen MR) is 66.5 cm³/mol. The van der Waals surface area contributed by atoms with Crippen molar-refractivity contribution < 1.29 is 22.3 Å². The SMILES string of the molecule is CN(CCCO)S(=O)(=O)NCc1cc(F)ccc1F. The monoisotopic (exact) mass is 294 g/mol. The Morgan fingerprint density at radius 1 is 1.37 bits per heavy atom. The van der Waals surface area contributed by atoms with Crippen LogP contribution < -0.4 is 4.72 Å². The van der Waals surface area contributed by atoms with E-state index in [1.165, 1.54) is 7.05 Å². The lowest BCUT2D eigenvalue weighted by molar-refractivity contribution is 0.275. The molecule has 0 radical (unpaired) electrons. The summed E-state index contributed by atoms with van der Waals surface area (Å²) in [5.74, 6) is -1.31. The zero-order valence-electron chi connectivity index (χ0n) is 10.4. The molecule has 0 atom stereocenters. The maximum atomic E-state index is 13.3. The van der Waals surface area contributed by atoms with E-state index in [1.54, 1.807) is 0 Å². The Morgan fingerprint density at radius 3 is 2.68 bits per heavy atom. The molecule has 1 aromatic rings. The Labute approximate surface area is 111 Å². The van der Waals surface area contributed by atoms with Crippen molar-refractivity contribution >= 4 is 10.2 Å². The lowest BCUT2D eigenvalue weighted by atomic mass is 10.2. The largest absolute Gasteiger partial charge is 0.396 e. The fourth-order valence-corrected chi connectivity index (χ4v) is 2.30. The first-order chi connectivity index (χ1) is 8.86. The van der Waals surface area contributed by atoms with Gasteiger partial charge in [0.05, 0.1) is 0 Å². The van der Waals surface area contributed by atoms with Crippen molar-refractivity contribution in [2.75, 3.05) is 20.2 Å². The lowest BCUT2D eigenvalue weighted by Crippen LogP contribution is -2.38. The number of aliphatic hydroxyl groups excluding tert-OH is 1. The highest BCUT2D eigenvalue weighted by Crippen LogP contribution is 2.10. The predicted octanol–water partition coefficient (Wildman–Crippen LogP) is 0.613. The van der Waals surface area contributed by atoms with E-state index in [0.29, 0.717) is 6.42 Å². The van der Waals surface area contributed by atoms with Gasteiger partial charge in [0, 0.05) is 32.3 Å². The van der Waals surface area contributed by atoms with Crippen LogP contribution in [0.2, 0.25) is 0 Å². The first-order valence-corrected chi connectivity index (χ1v) is 7.06. The third kappa shape index (κ3) is 4.83. The van der Waals surface area contributed by atoms with Gasteiger partial charge in [-0.1, -0.05) is 0 Å². The van der Waals surface area contributed by atoms with Crippen LogP contribution in [0.4, 0.5) is 8.78 Å². The highest BCUT2D eigenvalue weighted by molar-refractivity contribution is 7.87. The Kier molecular flexibility index (Phi) is 5.80. The number of aliphatic hydroxyl groups is 1. The van der Waals surface area contributed by atoms with Crippen LogP contribution in [-0.2, 0) is 16.8 Å². The first-order valence-electron chi connectivity index (χ1n) is 5.62. The normalized spacial score (nSPS) is 12.1. The Bertz CT molecular complexity index is 523. The van der Waals surface area contributed by atoms with E-state index in [-0.39, 0.29) is 25.3 Å². The number of halogens is 2. The van der Waals surface area contributed by atoms with Gasteiger partial charge in [-0.15, -0.1) is 0 Å². The molecule has 5 nitrogen and oxygen atoms in total. The smallest absolute Gasteiger partial charge is 0.279 e. The third-order valence-corrected chi connectivity index (χ3v) is 4.01. The van der Waals surface area contributed by atoms with Gasteiger partial charge in [-0.2, -0.15) is 17.4 Å². The van der Waals surface area contributed by atoms with Gasteiger partial charge in [0.15, 0.2) is 0 Å². The number of hydrogen-bond acceptors (Lipinski definition) is 3. The van der Waals surface area contributed by atoms with Gasteiger partial charge in [-0.3, -0.25) is 0 Å². The van der Waals surface area contributed by atoms with Crippen molar-refractivity contribution in [2.24, 2.45) is 0 Å². The summed E-state index contributed by atoms with van der Waals surface area (Å²) in [6.45, 7) is -0.328. The first kappa shape index (κ1) is 16.0. The second-order valence-corrected chi connectivity index (χ2v) is 5.82. The molecule has 19 heavy (non-hydrogen) atoms. The van der Waals surface area contributed by atoms with Crippen LogP contribution in [0, 0.1) is 11.6 Å². The fraction of sp³-hybridized carbons (Fsp3) is 0.455. The Hall–Kier alpha value is -1.09. The standard InChI is InChI=1S/C11H16F2N2O3S/c1-15(5-2-6-16)19(17,18)14-8-9-7-10(12)3-4-11(9)13/h3-4,7,14,16H,2,5-6,8H2,1H3. The van der Waals surface area contributed by atoms with Crippen molar-refractivity contribution in [1.82, 2.24) is 9.03 Å². The molecule has 0 unspecified atom stereocenters. The summed E-state index contributed by atoms with van der Waals surface area (Å²) in [5.41, 5.74) is -0.0702. The van der Waals surface area contributed by atoms with E-state index in [9.17, 15) is 17.2 Å². The summed E-state index contributed by atoms with van der Waals surface area (Å²) in [7, 11) is -2.44. The van der Waals surface area contributed by atoms with Gasteiger partial charge in [-0.05, 0) is 24.6 Å². The second-order valence-electron chi connectivity index (χ2n) is 3.96. The molecule has 0 fully saturated rings. The molecule has 0 heterocycles. The van der Waals surface area contributed by atoms with Crippen LogP contribution in [0.5, 0.6) is 0 Å². The summed E-state index contributed by atoms with van der Waals surface area (Å²) >= 11 is 0. The highest BCUT2D eigenvalue weighted by atomic mass is 32.2. The van der Waals surface area contributed by atoms with Gasteiger partial charge in [0.1, 0.15) is 11.6 Å². The minimum absolute atomic E-state index is 0.0702. The molecule has 1 rings (SSSR count). The topological polar surface area (TPSA) is 69.6 Å². The number of rotatable bonds is 7. The zero-order chi connectivity index (χ0) is 14.5. The molecule has 0 aliphatic carbocycles. The number of hydrogen-bond donors (Lipinski definition) is 2. The summed E-state index contributed by atoms with van der Waals surface area (Å²) in [5, 5.41) is 8.62. The van der Waals surface area contributed by atoms with Gasteiger partial charge >= 0.3 is 0 Å². The summed E-state index contributed by atoms with van der Waals surface area (Å²) in [6, 6.07) is 2.83. The minimum atomic E-state index is -3.78. The van der Waals surface area contributed by atoms with Crippen LogP contribution in [0.1, 0.15) is 12.0 Å². The van der Waals surface area contributed by atoms with E-state index >= 15 is 0 Å². The molecule has 0 amide bonds. The van der Waals surface area contributed by atoms with Gasteiger partial charge in [-0.25, -0.2) is 8.78 Å². The Morgan fingerprint density at radius 2 is 2.05 bits per heavy atom. The number of nitrogens with zero attached hydrogens (tertiary/aromatic N) is 1. The summed E-state index contributed by atoms with van der Waals surface area (Å²) in [4.78, 5) is 0. The molecule has 1 aromatic carbocycles. The maximum Gasteiger partial charge on any atom is 0.279 e. The molecule has 0 bridgehead atoms. The molecule has 108 valence electrons. The van der Waals surface area contributed by atoms with Crippen LogP contribution >= 0.6 is 0 Å². The van der Waals surface area contributed by atoms with Crippen molar-refractivity contribution in [3.05, 3.63) is 35.4 Å². The molecule has 0 saturated heterocycles. The van der Waals surface area contributed by atoms with E-state index in [4.69, 9.17) is 5.11 Å². The molecule has 0 aliphatic heterocycles. The number of benzene rings is 1. The second kappa shape index (κ2) is 6.90. The molecule has 0 spiro atoms. The minimum Gasteiger partial charge on any atom is -0.396 e. The van der Waals surface area contributed by atoms with E-state index in [0.717, 1.165) is 22.5 Å². The van der Waals surface area contributed by atoms with Gasteiger partial charge in [0.2, 0.25) is 0 Å². The van der Waals surface area contributed by atoms with Crippen molar-refractivity contribution in [1.29, 1.82) is 0 Å². The molecule has 0 aromatic heterocycles. The van der Waals surface area contributed by atoms with Crippen molar-refractivity contribution in [3.8, 4) is 0 Å². The molecular formula is C11H16F2N2O3S. The zero-order valence-corrected chi connectivity index (χ0v) is 11.3. The van der Waals surface area contributed by atoms with Gasteiger partial charge in [0.25, 0.3) is 10.2 Å². The van der Waals surface area contributed by atoms with Crippen LogP contribution in [0.25, 0.3) is 0 Å². The Balaban J connectivity index is 2.67. The van der Waals surface area contributed by atoms with Crippen molar-refractivity contribution in [2.45, 2.75) is 13.0 Å². The molecule has 2 N–H and O–H groups in total. The van der Waals surface area contributed by atoms with Crippen LogP contribution in [0.3, 0.4) is 0 Å². The average molecular weight is 294 g/mol. The van der Waals surface area contributed by atoms with Gasteiger partial charge < -0.3 is 5.11 Å². The molecular weight excluding hydrogens is 278 g/mol. The molecule has 0 saturated carbocycles. The van der Waals surface area contributed by atoms with E-state index in [1.807, 2.05) is 0 Å². The number of nitrogens with one attached hydrogen (secondary N) is 1. The van der Waals surface area contributed by atoms with E-state index in [2.05, 4.69) is 4.72 Å². The third-order valence-electron chi connectivity index (χ3n) is 2.49. The fourth-order valence-electron chi connectivity index (χ4n) is 1.37. The average Bonchev–Trinajstić information content (AvgIpc) is 2.37. The molecule has 0 aliphatic rings. The van der Waals surface area contributed by atoms with Crippen molar-refractivity contribution in [3.63, 3.8) is 0 Å². The summed E-state index contributed by atoms with van der Waals surface area (Å²) < 4.78 is 52.8. The lowest BCUT2D eigenvalue weighted by Gasteiger charge is -2.17. The summed E-state index contributed by atoms with van der Waals surface area (Å²) in [6.07, 6.45) is 0.297. The highest BCUT2D eigenvalue weighted by Gasteiger charge is 2.17. The van der Waals surface area contributed by atoms with Crippen LogP contribution in [-0.4, -0.2) is 38.0 Å². The molecule has 8 heteroatoms. The maximum absolute atomic E-state index is 13.3. The quantitative estimate of drug-likeness (QED) is 0.774.